The summed E-state index contributed by atoms with van der Waals surface area (Å²) < 4.78 is 44.2. The number of rotatable bonds is 5. The first-order valence-corrected chi connectivity index (χ1v) is 7.97. The predicted octanol–water partition coefficient (Wildman–Crippen LogP) is -0.817. The first-order chi connectivity index (χ1) is 5.91. The second kappa shape index (κ2) is 4.16. The van der Waals surface area contributed by atoms with E-state index in [1.54, 1.807) is 13.8 Å². The first kappa shape index (κ1) is 13.9. The van der Waals surface area contributed by atoms with Crippen LogP contribution in [0.5, 0.6) is 0 Å². The Kier molecular flexibility index (Phi) is 4.12. The van der Waals surface area contributed by atoms with E-state index in [0.29, 0.717) is 0 Å². The van der Waals surface area contributed by atoms with Crippen LogP contribution in [0.2, 0.25) is 0 Å². The second-order valence-electron chi connectivity index (χ2n) is 4.21. The van der Waals surface area contributed by atoms with E-state index >= 15 is 0 Å². The van der Waals surface area contributed by atoms with Crippen LogP contribution in [0, 0.1) is 0 Å². The molecule has 0 atom stereocenters. The molecule has 0 bridgehead atoms. The van der Waals surface area contributed by atoms with E-state index in [-0.39, 0.29) is 17.3 Å². The van der Waals surface area contributed by atoms with Crippen LogP contribution >= 0.6 is 0 Å². The van der Waals surface area contributed by atoms with Gasteiger partial charge in [-0.05, 0) is 13.8 Å². The molecule has 0 aliphatic rings. The Bertz CT molecular complexity index is 374. The maximum atomic E-state index is 11.3. The lowest BCUT2D eigenvalue weighted by Crippen LogP contribution is -2.41. The standard InChI is InChI=1S/C7H17NO4S2/c1-7(2,8)6-14(11,12)5-4-13(3,9)10/h4-6,8H2,1-3H3. The zero-order chi connectivity index (χ0) is 11.6. The van der Waals surface area contributed by atoms with Crippen LogP contribution in [0.4, 0.5) is 0 Å². The summed E-state index contributed by atoms with van der Waals surface area (Å²) in [5, 5.41) is 0. The minimum Gasteiger partial charge on any atom is -0.325 e. The average molecular weight is 243 g/mol. The lowest BCUT2D eigenvalue weighted by Gasteiger charge is -2.17. The minimum absolute atomic E-state index is 0.199. The monoisotopic (exact) mass is 243 g/mol. The van der Waals surface area contributed by atoms with Crippen molar-refractivity contribution in [2.45, 2.75) is 19.4 Å². The molecular weight excluding hydrogens is 226 g/mol. The molecule has 7 heteroatoms. The SMILES string of the molecule is CC(C)(N)CS(=O)(=O)CCS(C)(=O)=O. The molecule has 0 aromatic carbocycles. The van der Waals surface area contributed by atoms with E-state index in [9.17, 15) is 16.8 Å². The number of hydrogen-bond acceptors (Lipinski definition) is 5. The van der Waals surface area contributed by atoms with Crippen molar-refractivity contribution in [3.05, 3.63) is 0 Å². The normalized spacial score (nSPS) is 14.3. The summed E-state index contributed by atoms with van der Waals surface area (Å²) in [6.07, 6.45) is 1.01. The van der Waals surface area contributed by atoms with Crippen LogP contribution in [-0.2, 0) is 19.7 Å². The van der Waals surface area contributed by atoms with Crippen LogP contribution in [0.1, 0.15) is 13.8 Å². The summed E-state index contributed by atoms with van der Waals surface area (Å²) in [6, 6.07) is 0. The summed E-state index contributed by atoms with van der Waals surface area (Å²) in [7, 11) is -6.61. The van der Waals surface area contributed by atoms with Crippen LogP contribution in [0.3, 0.4) is 0 Å². The van der Waals surface area contributed by atoms with Crippen molar-refractivity contribution in [1.82, 2.24) is 0 Å². The molecular formula is C7H17NO4S2. The van der Waals surface area contributed by atoms with Crippen molar-refractivity contribution in [2.24, 2.45) is 5.73 Å². The molecule has 0 aromatic rings. The smallest absolute Gasteiger partial charge is 0.153 e. The molecule has 86 valence electrons. The Labute approximate surface area is 85.5 Å². The summed E-state index contributed by atoms with van der Waals surface area (Å²) >= 11 is 0. The van der Waals surface area contributed by atoms with Crippen molar-refractivity contribution in [3.63, 3.8) is 0 Å². The molecule has 0 fully saturated rings. The third kappa shape index (κ3) is 8.46. The highest BCUT2D eigenvalue weighted by Crippen LogP contribution is 2.04. The highest BCUT2D eigenvalue weighted by Gasteiger charge is 2.23. The van der Waals surface area contributed by atoms with Gasteiger partial charge in [0.15, 0.2) is 9.84 Å². The molecule has 0 saturated carbocycles. The summed E-state index contributed by atoms with van der Waals surface area (Å²) in [5.41, 5.74) is 4.71. The Morgan fingerprint density at radius 1 is 1.07 bits per heavy atom. The Morgan fingerprint density at radius 3 is 1.79 bits per heavy atom. The van der Waals surface area contributed by atoms with Gasteiger partial charge in [0.25, 0.3) is 0 Å². The third-order valence-electron chi connectivity index (χ3n) is 1.36. The van der Waals surface area contributed by atoms with E-state index in [4.69, 9.17) is 5.73 Å². The molecule has 2 N–H and O–H groups in total. The topological polar surface area (TPSA) is 94.3 Å². The van der Waals surface area contributed by atoms with Crippen LogP contribution in [0.25, 0.3) is 0 Å². The molecule has 14 heavy (non-hydrogen) atoms. The lowest BCUT2D eigenvalue weighted by molar-refractivity contribution is 0.544. The summed E-state index contributed by atoms with van der Waals surface area (Å²) in [4.78, 5) is 0. The quantitative estimate of drug-likeness (QED) is 0.681. The van der Waals surface area contributed by atoms with Gasteiger partial charge in [-0.15, -0.1) is 0 Å². The van der Waals surface area contributed by atoms with Gasteiger partial charge in [0.2, 0.25) is 0 Å². The molecule has 0 rings (SSSR count). The molecule has 0 aliphatic heterocycles. The number of hydrogen-bond donors (Lipinski definition) is 1. The zero-order valence-electron chi connectivity index (χ0n) is 8.65. The number of nitrogens with two attached hydrogens (primary N) is 1. The second-order valence-corrected chi connectivity index (χ2v) is 8.65. The van der Waals surface area contributed by atoms with Gasteiger partial charge in [0, 0.05) is 11.8 Å². The predicted molar refractivity (Wildman–Crippen MR) is 56.6 cm³/mol. The summed E-state index contributed by atoms with van der Waals surface area (Å²) in [6.45, 7) is 3.18. The molecule has 0 aromatic heterocycles. The van der Waals surface area contributed by atoms with Gasteiger partial charge in [-0.1, -0.05) is 0 Å². The Balaban J connectivity index is 4.39. The average Bonchev–Trinajstić information content (AvgIpc) is 1.76. The van der Waals surface area contributed by atoms with Crippen molar-refractivity contribution >= 4 is 19.7 Å². The molecule has 0 spiro atoms. The Hall–Kier alpha value is -0.140. The van der Waals surface area contributed by atoms with Gasteiger partial charge in [-0.2, -0.15) is 0 Å². The van der Waals surface area contributed by atoms with Crippen molar-refractivity contribution in [3.8, 4) is 0 Å². The lowest BCUT2D eigenvalue weighted by atomic mass is 10.1. The molecule has 0 amide bonds. The molecule has 0 unspecified atom stereocenters. The van der Waals surface area contributed by atoms with Crippen molar-refractivity contribution in [2.75, 3.05) is 23.5 Å². The van der Waals surface area contributed by atoms with Crippen LogP contribution < -0.4 is 5.73 Å². The highest BCUT2D eigenvalue weighted by atomic mass is 32.2. The van der Waals surface area contributed by atoms with Gasteiger partial charge < -0.3 is 5.73 Å². The molecule has 0 heterocycles. The van der Waals surface area contributed by atoms with Gasteiger partial charge in [-0.25, -0.2) is 16.8 Å². The summed E-state index contributed by atoms with van der Waals surface area (Å²) in [5.74, 6) is -0.895. The molecule has 5 nitrogen and oxygen atoms in total. The molecule has 0 aliphatic carbocycles. The minimum atomic E-state index is -3.38. The number of sulfone groups is 2. The zero-order valence-corrected chi connectivity index (χ0v) is 10.3. The van der Waals surface area contributed by atoms with Crippen LogP contribution in [0.15, 0.2) is 0 Å². The third-order valence-corrected chi connectivity index (χ3v) is 4.57. The van der Waals surface area contributed by atoms with Gasteiger partial charge in [0.1, 0.15) is 9.84 Å². The van der Waals surface area contributed by atoms with Crippen molar-refractivity contribution in [1.29, 1.82) is 0 Å². The van der Waals surface area contributed by atoms with Gasteiger partial charge >= 0.3 is 0 Å². The van der Waals surface area contributed by atoms with Crippen molar-refractivity contribution < 1.29 is 16.8 Å². The maximum Gasteiger partial charge on any atom is 0.153 e. The van der Waals surface area contributed by atoms with Gasteiger partial charge in [0.05, 0.1) is 17.3 Å². The fourth-order valence-corrected chi connectivity index (χ4v) is 4.42. The maximum absolute atomic E-state index is 11.3. The van der Waals surface area contributed by atoms with E-state index in [1.165, 1.54) is 0 Å². The van der Waals surface area contributed by atoms with Crippen LogP contribution in [-0.4, -0.2) is 45.9 Å². The molecule has 0 saturated heterocycles. The van der Waals surface area contributed by atoms with Gasteiger partial charge in [-0.3, -0.25) is 0 Å². The first-order valence-electron chi connectivity index (χ1n) is 4.08. The fourth-order valence-electron chi connectivity index (χ4n) is 0.917. The van der Waals surface area contributed by atoms with E-state index in [1.807, 2.05) is 0 Å². The fraction of sp³-hybridized carbons (Fsp3) is 1.00. The Morgan fingerprint density at radius 2 is 1.50 bits per heavy atom. The van der Waals surface area contributed by atoms with E-state index < -0.39 is 25.2 Å². The van der Waals surface area contributed by atoms with E-state index in [2.05, 4.69) is 0 Å². The highest BCUT2D eigenvalue weighted by molar-refractivity contribution is 7.94. The van der Waals surface area contributed by atoms with E-state index in [0.717, 1.165) is 6.26 Å². The molecule has 0 radical (unpaired) electrons. The largest absolute Gasteiger partial charge is 0.325 e.